The van der Waals surface area contributed by atoms with Gasteiger partial charge in [0.1, 0.15) is 5.75 Å². The van der Waals surface area contributed by atoms with E-state index in [4.69, 9.17) is 4.74 Å². The summed E-state index contributed by atoms with van der Waals surface area (Å²) in [6.07, 6.45) is 0. The van der Waals surface area contributed by atoms with Gasteiger partial charge in [-0.05, 0) is 23.6 Å². The van der Waals surface area contributed by atoms with E-state index in [1.54, 1.807) is 18.4 Å². The number of hydrogen-bond acceptors (Lipinski definition) is 7. The Bertz CT molecular complexity index is 1100. The van der Waals surface area contributed by atoms with E-state index in [0.717, 1.165) is 11.4 Å². The van der Waals surface area contributed by atoms with Crippen molar-refractivity contribution in [2.45, 2.75) is 13.1 Å². The van der Waals surface area contributed by atoms with Crippen LogP contribution in [0.25, 0.3) is 5.78 Å². The van der Waals surface area contributed by atoms with E-state index >= 15 is 0 Å². The molecule has 4 rings (SSSR count). The van der Waals surface area contributed by atoms with E-state index in [2.05, 4.69) is 25.7 Å². The van der Waals surface area contributed by atoms with Crippen molar-refractivity contribution in [2.75, 3.05) is 17.7 Å². The highest BCUT2D eigenvalue weighted by Gasteiger charge is 2.08. The molecule has 0 saturated heterocycles. The van der Waals surface area contributed by atoms with Gasteiger partial charge in [-0.25, -0.2) is 4.98 Å². The van der Waals surface area contributed by atoms with Gasteiger partial charge in [0.2, 0.25) is 5.95 Å². The Morgan fingerprint density at radius 2 is 2.07 bits per heavy atom. The van der Waals surface area contributed by atoms with E-state index in [1.165, 1.54) is 15.5 Å². The molecule has 1 aromatic carbocycles. The van der Waals surface area contributed by atoms with Crippen molar-refractivity contribution in [3.8, 4) is 5.75 Å². The minimum absolute atomic E-state index is 0.209. The molecule has 3 heterocycles. The fourth-order valence-corrected chi connectivity index (χ4v) is 3.25. The van der Waals surface area contributed by atoms with E-state index < -0.39 is 0 Å². The Kier molecular flexibility index (Phi) is 4.75. The smallest absolute Gasteiger partial charge is 0.274 e. The number of rotatable bonds is 7. The van der Waals surface area contributed by atoms with Gasteiger partial charge in [0.05, 0.1) is 25.9 Å². The predicted octanol–water partition coefficient (Wildman–Crippen LogP) is 2.71. The third-order valence-corrected chi connectivity index (χ3v) is 4.81. The van der Waals surface area contributed by atoms with Crippen molar-refractivity contribution in [2.24, 2.45) is 0 Å². The first kappa shape index (κ1) is 17.1. The molecular weight excluding hydrogens is 364 g/mol. The number of hydrogen-bond donors (Lipinski definition) is 3. The van der Waals surface area contributed by atoms with Gasteiger partial charge in [-0.15, -0.1) is 11.3 Å². The second kappa shape index (κ2) is 7.50. The summed E-state index contributed by atoms with van der Waals surface area (Å²) < 4.78 is 6.53. The lowest BCUT2D eigenvalue weighted by molar-refractivity contribution is 0.415. The number of nitrogens with one attached hydrogen (secondary N) is 3. The molecule has 0 saturated carbocycles. The lowest BCUT2D eigenvalue weighted by Crippen LogP contribution is -2.17. The molecular formula is C18H18N6O2S. The summed E-state index contributed by atoms with van der Waals surface area (Å²) in [5, 5.41) is 11.4. The van der Waals surface area contributed by atoms with Gasteiger partial charge in [0.15, 0.2) is 0 Å². The van der Waals surface area contributed by atoms with Gasteiger partial charge in [-0.2, -0.15) is 9.50 Å². The van der Waals surface area contributed by atoms with Crippen LogP contribution >= 0.6 is 11.3 Å². The van der Waals surface area contributed by atoms with E-state index in [-0.39, 0.29) is 5.56 Å². The van der Waals surface area contributed by atoms with Crippen LogP contribution in [-0.4, -0.2) is 26.7 Å². The van der Waals surface area contributed by atoms with Gasteiger partial charge < -0.3 is 15.4 Å². The molecule has 0 atom stereocenters. The summed E-state index contributed by atoms with van der Waals surface area (Å²) in [5.41, 5.74) is 1.29. The van der Waals surface area contributed by atoms with Crippen molar-refractivity contribution in [1.82, 2.24) is 19.6 Å². The first-order valence-corrected chi connectivity index (χ1v) is 9.22. The zero-order valence-electron chi connectivity index (χ0n) is 14.6. The molecule has 0 unspecified atom stereocenters. The third-order valence-electron chi connectivity index (χ3n) is 3.94. The van der Waals surface area contributed by atoms with Crippen LogP contribution in [0.3, 0.4) is 0 Å². The number of aromatic nitrogens is 4. The highest BCUT2D eigenvalue weighted by Crippen LogP contribution is 2.17. The molecule has 8 nitrogen and oxygen atoms in total. The summed E-state index contributed by atoms with van der Waals surface area (Å²) in [7, 11) is 1.62. The summed E-state index contributed by atoms with van der Waals surface area (Å²) in [4.78, 5) is 22.3. The Hall–Kier alpha value is -3.33. The standard InChI is InChI=1S/C18H18N6O2S/c1-26-14-5-2-4-12(8-14)19-10-13-9-16(25)24-18(21-13)22-17(23-24)20-11-15-6-3-7-27-15/h2-9,19H,10-11H2,1H3,(H2,20,21,22,23). The fourth-order valence-electron chi connectivity index (χ4n) is 2.61. The Labute approximate surface area is 158 Å². The van der Waals surface area contributed by atoms with Crippen LogP contribution in [0, 0.1) is 0 Å². The fraction of sp³-hybridized carbons (Fsp3) is 0.167. The van der Waals surface area contributed by atoms with Crippen molar-refractivity contribution < 1.29 is 4.74 Å². The highest BCUT2D eigenvalue weighted by atomic mass is 32.1. The molecule has 4 aromatic rings. The first-order valence-electron chi connectivity index (χ1n) is 8.34. The lowest BCUT2D eigenvalue weighted by atomic mass is 10.3. The Morgan fingerprint density at radius 1 is 1.15 bits per heavy atom. The van der Waals surface area contributed by atoms with Crippen LogP contribution in [0.15, 0.2) is 52.6 Å². The van der Waals surface area contributed by atoms with Crippen LogP contribution in [0.4, 0.5) is 11.6 Å². The molecule has 27 heavy (non-hydrogen) atoms. The molecule has 3 aromatic heterocycles. The van der Waals surface area contributed by atoms with Gasteiger partial charge >= 0.3 is 0 Å². The van der Waals surface area contributed by atoms with Crippen LogP contribution in [0.2, 0.25) is 0 Å². The highest BCUT2D eigenvalue weighted by molar-refractivity contribution is 7.09. The predicted molar refractivity (Wildman–Crippen MR) is 106 cm³/mol. The molecule has 0 aliphatic heterocycles. The third kappa shape index (κ3) is 3.93. The van der Waals surface area contributed by atoms with E-state index in [1.807, 2.05) is 41.8 Å². The number of thiophene rings is 1. The maximum absolute atomic E-state index is 12.3. The lowest BCUT2D eigenvalue weighted by Gasteiger charge is -2.07. The molecule has 0 amide bonds. The minimum atomic E-state index is -0.209. The summed E-state index contributed by atoms with van der Waals surface area (Å²) in [5.74, 6) is 1.60. The largest absolute Gasteiger partial charge is 0.497 e. The molecule has 0 spiro atoms. The minimum Gasteiger partial charge on any atom is -0.497 e. The number of aromatic amines is 1. The maximum Gasteiger partial charge on any atom is 0.274 e. The zero-order chi connectivity index (χ0) is 18.6. The van der Waals surface area contributed by atoms with E-state index in [9.17, 15) is 4.79 Å². The normalized spacial score (nSPS) is 10.9. The van der Waals surface area contributed by atoms with Crippen LogP contribution < -0.4 is 20.9 Å². The number of nitrogens with zero attached hydrogens (tertiary/aromatic N) is 3. The van der Waals surface area contributed by atoms with Gasteiger partial charge in [-0.3, -0.25) is 9.89 Å². The molecule has 9 heteroatoms. The molecule has 0 aliphatic rings. The van der Waals surface area contributed by atoms with Gasteiger partial charge in [0.25, 0.3) is 11.3 Å². The molecule has 0 aliphatic carbocycles. The van der Waals surface area contributed by atoms with Crippen LogP contribution in [-0.2, 0) is 13.1 Å². The van der Waals surface area contributed by atoms with Crippen molar-refractivity contribution in [3.63, 3.8) is 0 Å². The summed E-state index contributed by atoms with van der Waals surface area (Å²) >= 11 is 1.66. The van der Waals surface area contributed by atoms with Crippen molar-refractivity contribution in [1.29, 1.82) is 0 Å². The van der Waals surface area contributed by atoms with Crippen molar-refractivity contribution in [3.05, 3.63) is 68.8 Å². The van der Waals surface area contributed by atoms with Crippen molar-refractivity contribution >= 4 is 28.8 Å². The monoisotopic (exact) mass is 382 g/mol. The number of fused-ring (bicyclic) bond motifs is 1. The molecule has 3 N–H and O–H groups in total. The summed E-state index contributed by atoms with van der Waals surface area (Å²) in [6, 6.07) is 13.1. The number of H-pyrrole nitrogens is 1. The van der Waals surface area contributed by atoms with Gasteiger partial charge in [0, 0.05) is 22.7 Å². The number of methoxy groups -OCH3 is 1. The topological polar surface area (TPSA) is 96.3 Å². The number of anilines is 2. The summed E-state index contributed by atoms with van der Waals surface area (Å²) in [6.45, 7) is 1.04. The molecule has 0 radical (unpaired) electrons. The molecule has 0 fully saturated rings. The van der Waals surface area contributed by atoms with Crippen LogP contribution in [0.5, 0.6) is 5.75 Å². The second-order valence-corrected chi connectivity index (χ2v) is 6.84. The van der Waals surface area contributed by atoms with Gasteiger partial charge in [-0.1, -0.05) is 12.1 Å². The van der Waals surface area contributed by atoms with E-state index in [0.29, 0.717) is 30.5 Å². The van der Waals surface area contributed by atoms with Crippen LogP contribution in [0.1, 0.15) is 10.6 Å². The Morgan fingerprint density at radius 3 is 2.89 bits per heavy atom. The maximum atomic E-state index is 12.3. The molecule has 0 bridgehead atoms. The SMILES string of the molecule is COc1cccc(NCc2cc(=O)n3[nH]c(NCc4cccs4)nc3n2)c1. The molecule has 138 valence electrons. The number of benzene rings is 1. The number of ether oxygens (including phenoxy) is 1. The zero-order valence-corrected chi connectivity index (χ0v) is 15.4. The first-order chi connectivity index (χ1) is 13.2. The quantitative estimate of drug-likeness (QED) is 0.455. The average molecular weight is 382 g/mol. The Balaban J connectivity index is 1.49. The average Bonchev–Trinajstić information content (AvgIpc) is 3.34. The second-order valence-electron chi connectivity index (χ2n) is 5.81.